The van der Waals surface area contributed by atoms with E-state index < -0.39 is 0 Å². The van der Waals surface area contributed by atoms with E-state index in [-0.39, 0.29) is 18.0 Å². The van der Waals surface area contributed by atoms with E-state index in [4.69, 9.17) is 18.9 Å². The summed E-state index contributed by atoms with van der Waals surface area (Å²) in [6.07, 6.45) is 4.72. The van der Waals surface area contributed by atoms with Crippen molar-refractivity contribution >= 4 is 0 Å². The summed E-state index contributed by atoms with van der Waals surface area (Å²) in [6, 6.07) is 0. The summed E-state index contributed by atoms with van der Waals surface area (Å²) in [6.45, 7) is 9.81. The van der Waals surface area contributed by atoms with Crippen LogP contribution in [0, 0.1) is 5.41 Å². The van der Waals surface area contributed by atoms with Gasteiger partial charge in [0.25, 0.3) is 0 Å². The zero-order valence-corrected chi connectivity index (χ0v) is 10.1. The predicted molar refractivity (Wildman–Crippen MR) is 63.4 cm³/mol. The molecule has 96 valence electrons. The molecule has 0 radical (unpaired) electrons. The quantitative estimate of drug-likeness (QED) is 0.703. The maximum Gasteiger partial charge on any atom is 0.161 e. The van der Waals surface area contributed by atoms with E-state index in [9.17, 15) is 0 Å². The number of hydrogen-bond acceptors (Lipinski definition) is 4. The highest BCUT2D eigenvalue weighted by molar-refractivity contribution is 4.86. The molecule has 0 N–H and O–H groups in total. The molecule has 2 heterocycles. The van der Waals surface area contributed by atoms with E-state index in [2.05, 4.69) is 13.2 Å². The first-order valence-corrected chi connectivity index (χ1v) is 5.96. The molecule has 2 aliphatic heterocycles. The van der Waals surface area contributed by atoms with Crippen molar-refractivity contribution in [2.75, 3.05) is 26.4 Å². The lowest BCUT2D eigenvalue weighted by Gasteiger charge is -2.43. The summed E-state index contributed by atoms with van der Waals surface area (Å²) >= 11 is 0. The van der Waals surface area contributed by atoms with E-state index in [1.165, 1.54) is 0 Å². The van der Waals surface area contributed by atoms with E-state index in [0.29, 0.717) is 26.4 Å². The van der Waals surface area contributed by atoms with Crippen molar-refractivity contribution in [1.82, 2.24) is 0 Å². The summed E-state index contributed by atoms with van der Waals surface area (Å²) in [4.78, 5) is 0. The van der Waals surface area contributed by atoms with Crippen molar-refractivity contribution in [2.45, 2.75) is 25.4 Å². The highest BCUT2D eigenvalue weighted by Gasteiger charge is 2.41. The molecular weight excluding hydrogens is 220 g/mol. The highest BCUT2D eigenvalue weighted by Crippen LogP contribution is 2.31. The third-order valence-electron chi connectivity index (χ3n) is 3.02. The minimum Gasteiger partial charge on any atom is -0.351 e. The monoisotopic (exact) mass is 240 g/mol. The largest absolute Gasteiger partial charge is 0.351 e. The fraction of sp³-hybridized carbons (Fsp3) is 0.692. The minimum atomic E-state index is -0.163. The van der Waals surface area contributed by atoms with Crippen LogP contribution in [0.2, 0.25) is 0 Å². The van der Waals surface area contributed by atoms with Gasteiger partial charge in [0.15, 0.2) is 12.6 Å². The second-order valence-corrected chi connectivity index (χ2v) is 4.65. The molecular formula is C13H20O4. The molecule has 1 spiro atoms. The fourth-order valence-corrected chi connectivity index (χ4v) is 1.97. The zero-order valence-electron chi connectivity index (χ0n) is 10.1. The highest BCUT2D eigenvalue weighted by atomic mass is 16.7. The fourth-order valence-electron chi connectivity index (χ4n) is 1.97. The van der Waals surface area contributed by atoms with E-state index in [1.807, 2.05) is 0 Å². The summed E-state index contributed by atoms with van der Waals surface area (Å²) in [5.74, 6) is 0. The van der Waals surface area contributed by atoms with Gasteiger partial charge in [-0.2, -0.15) is 0 Å². The van der Waals surface area contributed by atoms with Crippen LogP contribution in [-0.2, 0) is 18.9 Å². The molecule has 0 aromatic rings. The smallest absolute Gasteiger partial charge is 0.161 e. The number of rotatable bonds is 4. The molecule has 0 amide bonds. The molecule has 0 saturated carbocycles. The van der Waals surface area contributed by atoms with Gasteiger partial charge in [-0.15, -0.1) is 13.2 Å². The molecule has 0 bridgehead atoms. The van der Waals surface area contributed by atoms with Gasteiger partial charge in [-0.05, 0) is 0 Å². The average Bonchev–Trinajstić information content (AvgIpc) is 2.36. The standard InChI is InChI=1S/C13H20O4/c1-3-5-11-14-7-13(8-15-11)9-16-12(6-4-2)17-10-13/h3-4,11-12H,1-2,5-10H2. The molecule has 2 saturated heterocycles. The Bertz CT molecular complexity index is 229. The van der Waals surface area contributed by atoms with Crippen molar-refractivity contribution in [2.24, 2.45) is 5.41 Å². The maximum absolute atomic E-state index is 5.63. The van der Waals surface area contributed by atoms with Crippen molar-refractivity contribution in [1.29, 1.82) is 0 Å². The van der Waals surface area contributed by atoms with Crippen LogP contribution in [0.25, 0.3) is 0 Å². The predicted octanol–water partition coefficient (Wildman–Crippen LogP) is 1.87. The lowest BCUT2D eigenvalue weighted by Crippen LogP contribution is -2.52. The van der Waals surface area contributed by atoms with Crippen molar-refractivity contribution < 1.29 is 18.9 Å². The van der Waals surface area contributed by atoms with Gasteiger partial charge in [0.1, 0.15) is 0 Å². The van der Waals surface area contributed by atoms with E-state index in [1.54, 1.807) is 12.2 Å². The van der Waals surface area contributed by atoms with Gasteiger partial charge >= 0.3 is 0 Å². The second-order valence-electron chi connectivity index (χ2n) is 4.65. The lowest BCUT2D eigenvalue weighted by molar-refractivity contribution is -0.300. The van der Waals surface area contributed by atoms with Crippen molar-refractivity contribution in [3.63, 3.8) is 0 Å². The molecule has 0 aromatic carbocycles. The van der Waals surface area contributed by atoms with Crippen LogP contribution in [0.5, 0.6) is 0 Å². The SMILES string of the molecule is C=CCC1OCC2(CO1)COC(CC=C)OC2. The molecule has 0 unspecified atom stereocenters. The van der Waals surface area contributed by atoms with Gasteiger partial charge in [0.05, 0.1) is 31.8 Å². The lowest BCUT2D eigenvalue weighted by atomic mass is 9.90. The third-order valence-corrected chi connectivity index (χ3v) is 3.02. The van der Waals surface area contributed by atoms with Gasteiger partial charge in [-0.25, -0.2) is 0 Å². The van der Waals surface area contributed by atoms with Crippen LogP contribution in [0.1, 0.15) is 12.8 Å². The Morgan fingerprint density at radius 1 is 0.824 bits per heavy atom. The molecule has 2 rings (SSSR count). The minimum absolute atomic E-state index is 0.144. The molecule has 2 fully saturated rings. The summed E-state index contributed by atoms with van der Waals surface area (Å²) in [5.41, 5.74) is -0.144. The van der Waals surface area contributed by atoms with Crippen molar-refractivity contribution in [3.8, 4) is 0 Å². The van der Waals surface area contributed by atoms with Crippen LogP contribution >= 0.6 is 0 Å². The molecule has 4 nitrogen and oxygen atoms in total. The Morgan fingerprint density at radius 2 is 1.18 bits per heavy atom. The number of hydrogen-bond donors (Lipinski definition) is 0. The van der Waals surface area contributed by atoms with Gasteiger partial charge in [0, 0.05) is 12.8 Å². The molecule has 2 aliphatic rings. The Labute approximate surface area is 102 Å². The summed E-state index contributed by atoms with van der Waals surface area (Å²) < 4.78 is 22.5. The van der Waals surface area contributed by atoms with Crippen LogP contribution < -0.4 is 0 Å². The van der Waals surface area contributed by atoms with Crippen LogP contribution in [0.15, 0.2) is 25.3 Å². The van der Waals surface area contributed by atoms with Crippen molar-refractivity contribution in [3.05, 3.63) is 25.3 Å². The van der Waals surface area contributed by atoms with Crippen LogP contribution in [0.4, 0.5) is 0 Å². The summed E-state index contributed by atoms with van der Waals surface area (Å²) in [7, 11) is 0. The third kappa shape index (κ3) is 3.16. The normalized spacial score (nSPS) is 37.9. The van der Waals surface area contributed by atoms with Gasteiger partial charge in [0.2, 0.25) is 0 Å². The van der Waals surface area contributed by atoms with Crippen LogP contribution in [0.3, 0.4) is 0 Å². The van der Waals surface area contributed by atoms with Gasteiger partial charge in [-0.3, -0.25) is 0 Å². The topological polar surface area (TPSA) is 36.9 Å². The zero-order chi connectivity index (χ0) is 12.1. The summed E-state index contributed by atoms with van der Waals surface area (Å²) in [5, 5.41) is 0. The second kappa shape index (κ2) is 5.78. The first-order valence-electron chi connectivity index (χ1n) is 5.96. The first kappa shape index (κ1) is 12.8. The number of ether oxygens (including phenoxy) is 4. The molecule has 4 heteroatoms. The Kier molecular flexibility index (Phi) is 4.34. The van der Waals surface area contributed by atoms with Gasteiger partial charge in [-0.1, -0.05) is 12.2 Å². The maximum atomic E-state index is 5.63. The molecule has 0 aliphatic carbocycles. The Hall–Kier alpha value is -0.680. The first-order chi connectivity index (χ1) is 8.28. The van der Waals surface area contributed by atoms with E-state index in [0.717, 1.165) is 12.8 Å². The molecule has 0 atom stereocenters. The van der Waals surface area contributed by atoms with Gasteiger partial charge < -0.3 is 18.9 Å². The van der Waals surface area contributed by atoms with Crippen LogP contribution in [-0.4, -0.2) is 39.0 Å². The Balaban J connectivity index is 1.79. The Morgan fingerprint density at radius 3 is 1.47 bits per heavy atom. The average molecular weight is 240 g/mol. The molecule has 0 aromatic heterocycles. The molecule has 17 heavy (non-hydrogen) atoms. The van der Waals surface area contributed by atoms with E-state index >= 15 is 0 Å².